The molecule has 0 radical (unpaired) electrons. The molecule has 1 aromatic carbocycles. The van der Waals surface area contributed by atoms with E-state index in [9.17, 15) is 9.59 Å². The third kappa shape index (κ3) is 3.47. The zero-order valence-corrected chi connectivity index (χ0v) is 11.1. The van der Waals surface area contributed by atoms with E-state index in [1.54, 1.807) is 4.90 Å². The molecule has 5 heteroatoms. The summed E-state index contributed by atoms with van der Waals surface area (Å²) >= 11 is 0. The number of rotatable bonds is 4. The van der Waals surface area contributed by atoms with Crippen molar-refractivity contribution >= 4 is 23.3 Å². The third-order valence-corrected chi connectivity index (χ3v) is 3.02. The summed E-state index contributed by atoms with van der Waals surface area (Å²) in [4.78, 5) is 24.9. The van der Waals surface area contributed by atoms with Crippen molar-refractivity contribution in [1.29, 1.82) is 0 Å². The van der Waals surface area contributed by atoms with Gasteiger partial charge in [-0.05, 0) is 37.1 Å². The van der Waals surface area contributed by atoms with E-state index in [1.807, 2.05) is 31.2 Å². The summed E-state index contributed by atoms with van der Waals surface area (Å²) in [6.07, 6.45) is 2.30. The van der Waals surface area contributed by atoms with Gasteiger partial charge in [0.15, 0.2) is 0 Å². The Morgan fingerprint density at radius 1 is 1.37 bits per heavy atom. The highest BCUT2D eigenvalue weighted by atomic mass is 16.2. The molecule has 0 saturated carbocycles. The molecular formula is C14H19N3O2. The Bertz CT molecular complexity index is 456. The maximum absolute atomic E-state index is 11.7. The quantitative estimate of drug-likeness (QED) is 0.874. The summed E-state index contributed by atoms with van der Waals surface area (Å²) in [6.45, 7) is 3.44. The lowest BCUT2D eigenvalue weighted by molar-refractivity contribution is -0.116. The van der Waals surface area contributed by atoms with E-state index in [4.69, 9.17) is 0 Å². The Kier molecular flexibility index (Phi) is 4.39. The highest BCUT2D eigenvalue weighted by Crippen LogP contribution is 2.19. The Labute approximate surface area is 113 Å². The second-order valence-corrected chi connectivity index (χ2v) is 4.58. The average Bonchev–Trinajstić information content (AvgIpc) is 2.41. The van der Waals surface area contributed by atoms with E-state index in [-0.39, 0.29) is 11.9 Å². The van der Waals surface area contributed by atoms with Gasteiger partial charge in [-0.15, -0.1) is 0 Å². The maximum Gasteiger partial charge on any atom is 0.321 e. The highest BCUT2D eigenvalue weighted by Gasteiger charge is 2.18. The van der Waals surface area contributed by atoms with Gasteiger partial charge in [-0.3, -0.25) is 9.69 Å². The van der Waals surface area contributed by atoms with E-state index in [0.717, 1.165) is 37.3 Å². The number of hydrogen-bond donors (Lipinski definition) is 2. The summed E-state index contributed by atoms with van der Waals surface area (Å²) in [5.41, 5.74) is 1.62. The number of nitrogens with zero attached hydrogens (tertiary/aromatic N) is 1. The maximum atomic E-state index is 11.7. The van der Waals surface area contributed by atoms with Crippen LogP contribution >= 0.6 is 0 Å². The minimum atomic E-state index is -0.0611. The number of nitrogens with one attached hydrogen (secondary N) is 2. The molecule has 0 aliphatic carbocycles. The summed E-state index contributed by atoms with van der Waals surface area (Å²) in [5.74, 6) is 0.0194. The van der Waals surface area contributed by atoms with E-state index >= 15 is 0 Å². The number of benzene rings is 1. The van der Waals surface area contributed by atoms with Crippen molar-refractivity contribution in [3.05, 3.63) is 24.3 Å². The summed E-state index contributed by atoms with van der Waals surface area (Å²) in [5, 5.41) is 5.64. The molecule has 19 heavy (non-hydrogen) atoms. The van der Waals surface area contributed by atoms with Gasteiger partial charge in [0.25, 0.3) is 0 Å². The molecule has 1 aromatic rings. The monoisotopic (exact) mass is 261 g/mol. The number of anilines is 2. The SMILES string of the molecule is CCCC(=O)Nc1ccc(N2CCCNC2=O)cc1. The minimum absolute atomic E-state index is 0.0194. The highest BCUT2D eigenvalue weighted by molar-refractivity contribution is 5.94. The third-order valence-electron chi connectivity index (χ3n) is 3.02. The molecule has 102 valence electrons. The summed E-state index contributed by atoms with van der Waals surface area (Å²) in [6, 6.07) is 7.29. The van der Waals surface area contributed by atoms with Crippen molar-refractivity contribution in [3.8, 4) is 0 Å². The van der Waals surface area contributed by atoms with Crippen LogP contribution in [-0.4, -0.2) is 25.0 Å². The van der Waals surface area contributed by atoms with Crippen LogP contribution in [0.2, 0.25) is 0 Å². The smallest absolute Gasteiger partial charge is 0.321 e. The number of carbonyl (C=O) groups is 2. The van der Waals surface area contributed by atoms with Crippen molar-refractivity contribution in [2.24, 2.45) is 0 Å². The molecule has 0 spiro atoms. The van der Waals surface area contributed by atoms with Crippen molar-refractivity contribution in [3.63, 3.8) is 0 Å². The van der Waals surface area contributed by atoms with E-state index in [1.165, 1.54) is 0 Å². The fourth-order valence-corrected chi connectivity index (χ4v) is 2.05. The van der Waals surface area contributed by atoms with E-state index in [0.29, 0.717) is 6.42 Å². The van der Waals surface area contributed by atoms with Gasteiger partial charge in [-0.25, -0.2) is 4.79 Å². The summed E-state index contributed by atoms with van der Waals surface area (Å²) in [7, 11) is 0. The van der Waals surface area contributed by atoms with Crippen LogP contribution in [-0.2, 0) is 4.79 Å². The second kappa shape index (κ2) is 6.22. The zero-order valence-electron chi connectivity index (χ0n) is 11.1. The van der Waals surface area contributed by atoms with E-state index in [2.05, 4.69) is 10.6 Å². The standard InChI is InChI=1S/C14H19N3O2/c1-2-4-13(18)16-11-5-7-12(8-6-11)17-10-3-9-15-14(17)19/h5-8H,2-4,9-10H2,1H3,(H,15,19)(H,16,18). The molecule has 2 N–H and O–H groups in total. The molecule has 1 saturated heterocycles. The molecule has 1 fully saturated rings. The van der Waals surface area contributed by atoms with Gasteiger partial charge in [0.1, 0.15) is 0 Å². The van der Waals surface area contributed by atoms with Crippen LogP contribution in [0.1, 0.15) is 26.2 Å². The summed E-state index contributed by atoms with van der Waals surface area (Å²) < 4.78 is 0. The average molecular weight is 261 g/mol. The molecule has 1 heterocycles. The molecular weight excluding hydrogens is 242 g/mol. The van der Waals surface area contributed by atoms with Crippen LogP contribution in [0.5, 0.6) is 0 Å². The van der Waals surface area contributed by atoms with Crippen molar-refractivity contribution < 1.29 is 9.59 Å². The molecule has 0 atom stereocenters. The lowest BCUT2D eigenvalue weighted by atomic mass is 10.2. The number of hydrogen-bond acceptors (Lipinski definition) is 2. The largest absolute Gasteiger partial charge is 0.338 e. The molecule has 1 aliphatic rings. The lowest BCUT2D eigenvalue weighted by Gasteiger charge is -2.27. The van der Waals surface area contributed by atoms with Crippen LogP contribution < -0.4 is 15.5 Å². The second-order valence-electron chi connectivity index (χ2n) is 4.58. The van der Waals surface area contributed by atoms with Gasteiger partial charge in [0, 0.05) is 30.9 Å². The van der Waals surface area contributed by atoms with Gasteiger partial charge in [-0.1, -0.05) is 6.92 Å². The first-order valence-corrected chi connectivity index (χ1v) is 6.66. The van der Waals surface area contributed by atoms with Crippen LogP contribution in [0.15, 0.2) is 24.3 Å². The van der Waals surface area contributed by atoms with Crippen LogP contribution in [0, 0.1) is 0 Å². The molecule has 0 unspecified atom stereocenters. The number of amides is 3. The van der Waals surface area contributed by atoms with Crippen molar-refractivity contribution in [2.45, 2.75) is 26.2 Å². The van der Waals surface area contributed by atoms with Gasteiger partial charge in [0.05, 0.1) is 0 Å². The fraction of sp³-hybridized carbons (Fsp3) is 0.429. The molecule has 0 bridgehead atoms. The molecule has 3 amide bonds. The fourth-order valence-electron chi connectivity index (χ4n) is 2.05. The first-order valence-electron chi connectivity index (χ1n) is 6.66. The van der Waals surface area contributed by atoms with Gasteiger partial charge >= 0.3 is 6.03 Å². The normalized spacial score (nSPS) is 15.0. The zero-order chi connectivity index (χ0) is 13.7. The van der Waals surface area contributed by atoms with E-state index < -0.39 is 0 Å². The molecule has 2 rings (SSSR count). The van der Waals surface area contributed by atoms with Gasteiger partial charge in [-0.2, -0.15) is 0 Å². The molecule has 0 aromatic heterocycles. The molecule has 1 aliphatic heterocycles. The topological polar surface area (TPSA) is 61.4 Å². The predicted molar refractivity (Wildman–Crippen MR) is 75.3 cm³/mol. The van der Waals surface area contributed by atoms with Crippen molar-refractivity contribution in [2.75, 3.05) is 23.3 Å². The van der Waals surface area contributed by atoms with Crippen LogP contribution in [0.25, 0.3) is 0 Å². The van der Waals surface area contributed by atoms with Gasteiger partial charge in [0.2, 0.25) is 5.91 Å². The van der Waals surface area contributed by atoms with Gasteiger partial charge < -0.3 is 10.6 Å². The first-order chi connectivity index (χ1) is 9.20. The first kappa shape index (κ1) is 13.4. The van der Waals surface area contributed by atoms with Crippen molar-refractivity contribution in [1.82, 2.24) is 5.32 Å². The Hall–Kier alpha value is -2.04. The number of carbonyl (C=O) groups excluding carboxylic acids is 2. The Morgan fingerprint density at radius 2 is 2.11 bits per heavy atom. The lowest BCUT2D eigenvalue weighted by Crippen LogP contribution is -2.46. The molecule has 5 nitrogen and oxygen atoms in total. The Morgan fingerprint density at radius 3 is 2.74 bits per heavy atom. The minimum Gasteiger partial charge on any atom is -0.338 e. The number of urea groups is 1. The van der Waals surface area contributed by atoms with Crippen LogP contribution in [0.4, 0.5) is 16.2 Å². The Balaban J connectivity index is 2.01. The van der Waals surface area contributed by atoms with Crippen LogP contribution in [0.3, 0.4) is 0 Å². The predicted octanol–water partition coefficient (Wildman–Crippen LogP) is 2.34.